The molecule has 0 saturated carbocycles. The van der Waals surface area contributed by atoms with Crippen LogP contribution in [-0.4, -0.2) is 53.9 Å². The van der Waals surface area contributed by atoms with Crippen molar-refractivity contribution < 1.29 is 18.2 Å². The second-order valence-corrected chi connectivity index (χ2v) is 7.70. The van der Waals surface area contributed by atoms with Crippen LogP contribution in [0.5, 0.6) is 0 Å². The molecule has 5 heteroatoms. The van der Waals surface area contributed by atoms with Crippen LogP contribution < -0.4 is 9.80 Å². The minimum absolute atomic E-state index is 0.254. The third-order valence-electron chi connectivity index (χ3n) is 3.92. The Morgan fingerprint density at radius 1 is 1.05 bits per heavy atom. The first kappa shape index (κ1) is 14.5. The second kappa shape index (κ2) is 6.03. The van der Waals surface area contributed by atoms with Crippen molar-refractivity contribution in [2.24, 2.45) is 0 Å². The summed E-state index contributed by atoms with van der Waals surface area (Å²) in [5.41, 5.74) is 1.09. The highest BCUT2D eigenvalue weighted by Crippen LogP contribution is 2.11. The smallest absolute Gasteiger partial charge is 0.183 e. The predicted molar refractivity (Wildman–Crippen MR) is 75.4 cm³/mol. The normalized spacial score (nSPS) is 24.3. The molecule has 0 atom stereocenters. The quantitative estimate of drug-likeness (QED) is 0.684. The molecular formula is C14H24N2O2S+2. The van der Waals surface area contributed by atoms with Crippen LogP contribution in [0.1, 0.15) is 5.56 Å². The van der Waals surface area contributed by atoms with E-state index in [1.807, 2.05) is 19.1 Å². The summed E-state index contributed by atoms with van der Waals surface area (Å²) in [7, 11) is -0.923. The van der Waals surface area contributed by atoms with Gasteiger partial charge in [-0.15, -0.1) is 0 Å². The average molecular weight is 284 g/mol. The number of rotatable bonds is 4. The van der Waals surface area contributed by atoms with E-state index < -0.39 is 9.84 Å². The molecule has 2 N–H and O–H groups in total. The number of nitrogens with one attached hydrogen (secondary N) is 2. The van der Waals surface area contributed by atoms with Gasteiger partial charge in [0.2, 0.25) is 0 Å². The fraction of sp³-hybridized carbons (Fsp3) is 0.571. The molecule has 0 aromatic heterocycles. The van der Waals surface area contributed by atoms with Crippen LogP contribution in [0.3, 0.4) is 0 Å². The summed E-state index contributed by atoms with van der Waals surface area (Å²) in [6, 6.07) is 7.15. The molecule has 0 unspecified atom stereocenters. The first-order valence-electron chi connectivity index (χ1n) is 6.92. The van der Waals surface area contributed by atoms with Gasteiger partial charge in [0.05, 0.1) is 18.5 Å². The van der Waals surface area contributed by atoms with Gasteiger partial charge in [-0.05, 0) is 19.1 Å². The zero-order valence-corrected chi connectivity index (χ0v) is 12.6. The van der Waals surface area contributed by atoms with Crippen LogP contribution >= 0.6 is 0 Å². The number of hydrogen-bond acceptors (Lipinski definition) is 2. The van der Waals surface area contributed by atoms with E-state index in [0.717, 1.165) is 38.3 Å². The molecule has 1 aliphatic rings. The highest BCUT2D eigenvalue weighted by Gasteiger charge is 2.23. The molecule has 0 radical (unpaired) electrons. The summed E-state index contributed by atoms with van der Waals surface area (Å²) in [5.74, 6) is 0.254. The highest BCUT2D eigenvalue weighted by molar-refractivity contribution is 7.91. The lowest BCUT2D eigenvalue weighted by Gasteiger charge is -2.27. The Balaban J connectivity index is 1.92. The van der Waals surface area contributed by atoms with Crippen molar-refractivity contribution in [1.82, 2.24) is 0 Å². The lowest BCUT2D eigenvalue weighted by molar-refractivity contribution is -1.00. The van der Waals surface area contributed by atoms with Gasteiger partial charge in [-0.3, -0.25) is 0 Å². The molecule has 2 rings (SSSR count). The van der Waals surface area contributed by atoms with E-state index in [-0.39, 0.29) is 5.75 Å². The first-order valence-corrected chi connectivity index (χ1v) is 8.57. The number of likely N-dealkylation sites (N-methyl/N-ethyl adjacent to an activating group) is 1. The molecule has 1 saturated heterocycles. The van der Waals surface area contributed by atoms with Crippen LogP contribution in [0.4, 0.5) is 0 Å². The summed E-state index contributed by atoms with van der Waals surface area (Å²) < 4.78 is 24.5. The van der Waals surface area contributed by atoms with Crippen molar-refractivity contribution >= 4 is 9.84 Å². The van der Waals surface area contributed by atoms with Crippen molar-refractivity contribution in [2.75, 3.05) is 45.5 Å². The highest BCUT2D eigenvalue weighted by atomic mass is 32.2. The van der Waals surface area contributed by atoms with E-state index in [2.05, 4.69) is 7.05 Å². The zero-order valence-electron chi connectivity index (χ0n) is 11.8. The number of quaternary nitrogens is 2. The SMILES string of the molecule is Cc1ccc(S(=O)(=O)CC[NH+]2CC[NH+](C)CC2)cc1. The maximum atomic E-state index is 12.2. The van der Waals surface area contributed by atoms with E-state index in [0.29, 0.717) is 4.90 Å². The van der Waals surface area contributed by atoms with Gasteiger partial charge in [0.15, 0.2) is 9.84 Å². The van der Waals surface area contributed by atoms with Gasteiger partial charge in [-0.25, -0.2) is 8.42 Å². The van der Waals surface area contributed by atoms with Gasteiger partial charge in [0, 0.05) is 0 Å². The molecule has 4 nitrogen and oxygen atoms in total. The Hall–Kier alpha value is -0.910. The van der Waals surface area contributed by atoms with Gasteiger partial charge in [0.25, 0.3) is 0 Å². The fourth-order valence-corrected chi connectivity index (χ4v) is 3.77. The van der Waals surface area contributed by atoms with Gasteiger partial charge >= 0.3 is 0 Å². The van der Waals surface area contributed by atoms with Gasteiger partial charge in [-0.2, -0.15) is 0 Å². The van der Waals surface area contributed by atoms with E-state index in [9.17, 15) is 8.42 Å². The molecule has 1 aromatic carbocycles. The first-order chi connectivity index (χ1) is 8.97. The minimum atomic E-state index is -3.12. The summed E-state index contributed by atoms with van der Waals surface area (Å²) in [6.07, 6.45) is 0. The number of piperazine rings is 1. The number of hydrogen-bond donors (Lipinski definition) is 2. The second-order valence-electron chi connectivity index (χ2n) is 5.59. The van der Waals surface area contributed by atoms with Crippen molar-refractivity contribution in [3.63, 3.8) is 0 Å². The summed E-state index contributed by atoms with van der Waals surface area (Å²) in [4.78, 5) is 3.42. The maximum absolute atomic E-state index is 12.2. The van der Waals surface area contributed by atoms with Gasteiger partial charge < -0.3 is 9.80 Å². The third-order valence-corrected chi connectivity index (χ3v) is 5.65. The Labute approximate surface area is 115 Å². The van der Waals surface area contributed by atoms with Crippen LogP contribution in [0.2, 0.25) is 0 Å². The molecule has 0 spiro atoms. The molecular weight excluding hydrogens is 260 g/mol. The summed E-state index contributed by atoms with van der Waals surface area (Å²) in [6.45, 7) is 7.13. The molecule has 106 valence electrons. The van der Waals surface area contributed by atoms with Crippen molar-refractivity contribution in [1.29, 1.82) is 0 Å². The molecule has 0 amide bonds. The number of sulfone groups is 1. The minimum Gasteiger partial charge on any atom is -0.328 e. The number of benzene rings is 1. The molecule has 1 aromatic rings. The van der Waals surface area contributed by atoms with E-state index in [1.54, 1.807) is 17.0 Å². The standard InChI is InChI=1S/C14H22N2O2S/c1-13-3-5-14(6-4-13)19(17,18)12-11-16-9-7-15(2)8-10-16/h3-6H,7-12H2,1-2H3/p+2. The van der Waals surface area contributed by atoms with Crippen LogP contribution in [0.25, 0.3) is 0 Å². The lowest BCUT2D eigenvalue weighted by Crippen LogP contribution is -3.27. The molecule has 1 heterocycles. The van der Waals surface area contributed by atoms with Crippen molar-refractivity contribution in [3.8, 4) is 0 Å². The Kier molecular flexibility index (Phi) is 4.60. The zero-order chi connectivity index (χ0) is 13.9. The van der Waals surface area contributed by atoms with E-state index >= 15 is 0 Å². The lowest BCUT2D eigenvalue weighted by atomic mass is 10.2. The molecule has 1 aliphatic heterocycles. The Morgan fingerprint density at radius 3 is 2.21 bits per heavy atom. The monoisotopic (exact) mass is 284 g/mol. The average Bonchev–Trinajstić information content (AvgIpc) is 2.39. The maximum Gasteiger partial charge on any atom is 0.183 e. The van der Waals surface area contributed by atoms with Gasteiger partial charge in [-0.1, -0.05) is 17.7 Å². The Bertz CT molecular complexity index is 503. The Morgan fingerprint density at radius 2 is 1.63 bits per heavy atom. The molecule has 19 heavy (non-hydrogen) atoms. The third kappa shape index (κ3) is 4.03. The summed E-state index contributed by atoms with van der Waals surface area (Å²) >= 11 is 0. The molecule has 0 bridgehead atoms. The van der Waals surface area contributed by atoms with Crippen molar-refractivity contribution in [2.45, 2.75) is 11.8 Å². The largest absolute Gasteiger partial charge is 0.328 e. The number of aryl methyl sites for hydroxylation is 1. The molecule has 0 aliphatic carbocycles. The molecule has 1 fully saturated rings. The van der Waals surface area contributed by atoms with Gasteiger partial charge in [0.1, 0.15) is 31.9 Å². The fourth-order valence-electron chi connectivity index (χ4n) is 2.42. The van der Waals surface area contributed by atoms with Crippen LogP contribution in [-0.2, 0) is 9.84 Å². The van der Waals surface area contributed by atoms with Crippen LogP contribution in [0, 0.1) is 6.92 Å². The topological polar surface area (TPSA) is 43.0 Å². The summed E-state index contributed by atoms with van der Waals surface area (Å²) in [5, 5.41) is 0. The van der Waals surface area contributed by atoms with E-state index in [1.165, 1.54) is 4.90 Å². The van der Waals surface area contributed by atoms with Crippen molar-refractivity contribution in [3.05, 3.63) is 29.8 Å². The van der Waals surface area contributed by atoms with Crippen LogP contribution in [0.15, 0.2) is 29.2 Å². The van der Waals surface area contributed by atoms with E-state index in [4.69, 9.17) is 0 Å². The predicted octanol–water partition coefficient (Wildman–Crippen LogP) is -1.82.